The highest BCUT2D eigenvalue weighted by atomic mass is 16.6. The highest BCUT2D eigenvalue weighted by Gasteiger charge is 2.18. The fourth-order valence-corrected chi connectivity index (χ4v) is 1.93. The largest absolute Gasteiger partial charge is 0.494 e. The molecule has 0 fully saturated rings. The van der Waals surface area contributed by atoms with Gasteiger partial charge in [0, 0.05) is 6.42 Å². The molecule has 6 nitrogen and oxygen atoms in total. The number of rotatable bonds is 7. The standard InChI is InChI=1S/C18H27NO5/c1-13(19-17(21)24-18(2,3)4)14-8-10-15(11-9-14)23-12-6-7-16(20)22-5/h8-11,13H,6-7,12H2,1-5H3,(H,19,21)/t13-/m1/s1. The maximum atomic E-state index is 11.8. The molecule has 1 aromatic carbocycles. The molecular formula is C18H27NO5. The molecule has 134 valence electrons. The van der Waals surface area contributed by atoms with E-state index in [1.54, 1.807) is 0 Å². The first-order valence-corrected chi connectivity index (χ1v) is 8.00. The van der Waals surface area contributed by atoms with E-state index in [1.165, 1.54) is 7.11 Å². The molecule has 0 aliphatic carbocycles. The number of hydrogen-bond donors (Lipinski definition) is 1. The normalized spacial score (nSPS) is 12.2. The number of esters is 1. The van der Waals surface area contributed by atoms with Gasteiger partial charge in [-0.2, -0.15) is 0 Å². The van der Waals surface area contributed by atoms with Gasteiger partial charge in [-0.05, 0) is 51.8 Å². The van der Waals surface area contributed by atoms with Crippen molar-refractivity contribution < 1.29 is 23.8 Å². The van der Waals surface area contributed by atoms with Crippen LogP contribution in [0.2, 0.25) is 0 Å². The molecule has 1 atom stereocenters. The minimum atomic E-state index is -0.522. The zero-order valence-corrected chi connectivity index (χ0v) is 15.0. The molecule has 1 amide bonds. The third-order valence-corrected chi connectivity index (χ3v) is 3.13. The van der Waals surface area contributed by atoms with E-state index >= 15 is 0 Å². The van der Waals surface area contributed by atoms with Gasteiger partial charge in [-0.25, -0.2) is 4.79 Å². The Bertz CT molecular complexity index is 533. The average Bonchev–Trinajstić information content (AvgIpc) is 2.49. The van der Waals surface area contributed by atoms with Gasteiger partial charge >= 0.3 is 12.1 Å². The van der Waals surface area contributed by atoms with Crippen molar-refractivity contribution in [2.45, 2.75) is 52.2 Å². The van der Waals surface area contributed by atoms with Gasteiger partial charge in [0.1, 0.15) is 11.4 Å². The molecule has 0 spiro atoms. The Kier molecular flexibility index (Phi) is 7.55. The lowest BCUT2D eigenvalue weighted by Crippen LogP contribution is -2.34. The van der Waals surface area contributed by atoms with Crippen LogP contribution in [-0.2, 0) is 14.3 Å². The average molecular weight is 337 g/mol. The topological polar surface area (TPSA) is 73.9 Å². The molecule has 0 unspecified atom stereocenters. The van der Waals surface area contributed by atoms with Crippen LogP contribution in [0.1, 0.15) is 52.1 Å². The van der Waals surface area contributed by atoms with Crippen molar-refractivity contribution in [2.24, 2.45) is 0 Å². The van der Waals surface area contributed by atoms with Crippen LogP contribution in [0.5, 0.6) is 5.75 Å². The van der Waals surface area contributed by atoms with Crippen LogP contribution in [0.4, 0.5) is 4.79 Å². The summed E-state index contributed by atoms with van der Waals surface area (Å²) in [6.07, 6.45) is 0.495. The predicted octanol–water partition coefficient (Wildman–Crippen LogP) is 3.60. The third kappa shape index (κ3) is 7.85. The lowest BCUT2D eigenvalue weighted by molar-refractivity contribution is -0.140. The van der Waals surface area contributed by atoms with Crippen molar-refractivity contribution in [2.75, 3.05) is 13.7 Å². The zero-order valence-electron chi connectivity index (χ0n) is 15.0. The number of methoxy groups -OCH3 is 1. The highest BCUT2D eigenvalue weighted by molar-refractivity contribution is 5.69. The molecule has 1 N–H and O–H groups in total. The van der Waals surface area contributed by atoms with E-state index in [-0.39, 0.29) is 12.0 Å². The summed E-state index contributed by atoms with van der Waals surface area (Å²) >= 11 is 0. The van der Waals surface area contributed by atoms with Gasteiger partial charge in [0.2, 0.25) is 0 Å². The number of nitrogens with one attached hydrogen (secondary N) is 1. The Labute approximate surface area is 143 Å². The number of carbonyl (C=O) groups is 2. The molecule has 0 bridgehead atoms. The minimum absolute atomic E-state index is 0.173. The van der Waals surface area contributed by atoms with Gasteiger partial charge in [0.05, 0.1) is 19.8 Å². The molecule has 0 saturated carbocycles. The number of alkyl carbamates (subject to hydrolysis) is 1. The quantitative estimate of drug-likeness (QED) is 0.608. The summed E-state index contributed by atoms with van der Waals surface area (Å²) in [6.45, 7) is 7.80. The lowest BCUT2D eigenvalue weighted by Gasteiger charge is -2.22. The van der Waals surface area contributed by atoms with E-state index in [4.69, 9.17) is 9.47 Å². The highest BCUT2D eigenvalue weighted by Crippen LogP contribution is 2.18. The van der Waals surface area contributed by atoms with Crippen LogP contribution in [0, 0.1) is 0 Å². The number of ether oxygens (including phenoxy) is 3. The van der Waals surface area contributed by atoms with E-state index in [1.807, 2.05) is 52.0 Å². The smallest absolute Gasteiger partial charge is 0.408 e. The monoisotopic (exact) mass is 337 g/mol. The molecule has 1 rings (SSSR count). The molecule has 0 aromatic heterocycles. The first-order valence-electron chi connectivity index (χ1n) is 8.00. The van der Waals surface area contributed by atoms with Crippen molar-refractivity contribution >= 4 is 12.1 Å². The Morgan fingerprint density at radius 2 is 1.79 bits per heavy atom. The van der Waals surface area contributed by atoms with Crippen LogP contribution >= 0.6 is 0 Å². The minimum Gasteiger partial charge on any atom is -0.494 e. The van der Waals surface area contributed by atoms with Crippen LogP contribution in [0.25, 0.3) is 0 Å². The summed E-state index contributed by atoms with van der Waals surface area (Å²) in [5.41, 5.74) is 0.425. The molecule has 0 heterocycles. The Morgan fingerprint density at radius 1 is 1.17 bits per heavy atom. The van der Waals surface area contributed by atoms with E-state index in [0.29, 0.717) is 25.2 Å². The fraction of sp³-hybridized carbons (Fsp3) is 0.556. The number of benzene rings is 1. The zero-order chi connectivity index (χ0) is 18.2. The van der Waals surface area contributed by atoms with Crippen molar-refractivity contribution in [1.82, 2.24) is 5.32 Å². The van der Waals surface area contributed by atoms with Gasteiger partial charge in [-0.3, -0.25) is 4.79 Å². The molecule has 0 aliphatic rings. The van der Waals surface area contributed by atoms with Crippen molar-refractivity contribution in [3.8, 4) is 5.75 Å². The summed E-state index contributed by atoms with van der Waals surface area (Å²) in [6, 6.07) is 7.27. The second-order valence-corrected chi connectivity index (χ2v) is 6.47. The SMILES string of the molecule is COC(=O)CCCOc1ccc([C@@H](C)NC(=O)OC(C)(C)C)cc1. The Balaban J connectivity index is 2.43. The summed E-state index contributed by atoms with van der Waals surface area (Å²) in [7, 11) is 1.37. The van der Waals surface area contributed by atoms with Crippen LogP contribution < -0.4 is 10.1 Å². The van der Waals surface area contributed by atoms with Crippen molar-refractivity contribution in [1.29, 1.82) is 0 Å². The Hall–Kier alpha value is -2.24. The lowest BCUT2D eigenvalue weighted by atomic mass is 10.1. The van der Waals surface area contributed by atoms with Crippen molar-refractivity contribution in [3.63, 3.8) is 0 Å². The fourth-order valence-electron chi connectivity index (χ4n) is 1.93. The van der Waals surface area contributed by atoms with Gasteiger partial charge in [0.25, 0.3) is 0 Å². The van der Waals surface area contributed by atoms with E-state index in [9.17, 15) is 9.59 Å². The van der Waals surface area contributed by atoms with E-state index in [2.05, 4.69) is 10.1 Å². The summed E-state index contributed by atoms with van der Waals surface area (Å²) in [4.78, 5) is 22.8. The second-order valence-electron chi connectivity index (χ2n) is 6.47. The molecule has 0 radical (unpaired) electrons. The van der Waals surface area contributed by atoms with E-state index < -0.39 is 11.7 Å². The summed E-state index contributed by atoms with van der Waals surface area (Å²) in [5.74, 6) is 0.476. The van der Waals surface area contributed by atoms with Crippen molar-refractivity contribution in [3.05, 3.63) is 29.8 Å². The number of hydrogen-bond acceptors (Lipinski definition) is 5. The molecule has 24 heavy (non-hydrogen) atoms. The van der Waals surface area contributed by atoms with Crippen LogP contribution in [0.3, 0.4) is 0 Å². The van der Waals surface area contributed by atoms with Gasteiger partial charge in [-0.1, -0.05) is 12.1 Å². The molecule has 1 aromatic rings. The molecule has 0 saturated heterocycles. The first kappa shape index (κ1) is 19.8. The van der Waals surface area contributed by atoms with Gasteiger partial charge in [-0.15, -0.1) is 0 Å². The maximum Gasteiger partial charge on any atom is 0.408 e. The molecule has 6 heteroatoms. The van der Waals surface area contributed by atoms with Crippen LogP contribution in [-0.4, -0.2) is 31.4 Å². The summed E-state index contributed by atoms with van der Waals surface area (Å²) in [5, 5.41) is 2.79. The van der Waals surface area contributed by atoms with E-state index in [0.717, 1.165) is 5.56 Å². The second kappa shape index (κ2) is 9.15. The molecular weight excluding hydrogens is 310 g/mol. The predicted molar refractivity (Wildman–Crippen MR) is 91.0 cm³/mol. The number of amides is 1. The maximum absolute atomic E-state index is 11.8. The third-order valence-electron chi connectivity index (χ3n) is 3.13. The van der Waals surface area contributed by atoms with Gasteiger partial charge in [0.15, 0.2) is 0 Å². The van der Waals surface area contributed by atoms with Gasteiger partial charge < -0.3 is 19.5 Å². The van der Waals surface area contributed by atoms with Crippen LogP contribution in [0.15, 0.2) is 24.3 Å². The first-order chi connectivity index (χ1) is 11.2. The molecule has 0 aliphatic heterocycles. The number of carbonyl (C=O) groups excluding carboxylic acids is 2. The summed E-state index contributed by atoms with van der Waals surface area (Å²) < 4.78 is 15.4. The Morgan fingerprint density at radius 3 is 2.33 bits per heavy atom.